The Hall–Kier alpha value is -2.12. The van der Waals surface area contributed by atoms with E-state index in [2.05, 4.69) is 10.2 Å². The Morgan fingerprint density at radius 3 is 2.54 bits per heavy atom. The highest BCUT2D eigenvalue weighted by atomic mass is 16.5. The SMILES string of the molecule is C[C@@H](C(=O)Nc1ccc(N2CCOCC2)cc1)N1CCC[C@@H](C(N)=O)C1. The summed E-state index contributed by atoms with van der Waals surface area (Å²) in [6.45, 7) is 6.52. The fourth-order valence-electron chi connectivity index (χ4n) is 3.58. The van der Waals surface area contributed by atoms with Gasteiger partial charge in [0.15, 0.2) is 0 Å². The maximum absolute atomic E-state index is 12.6. The van der Waals surface area contributed by atoms with Gasteiger partial charge >= 0.3 is 0 Å². The van der Waals surface area contributed by atoms with Gasteiger partial charge in [0.2, 0.25) is 11.8 Å². The van der Waals surface area contributed by atoms with E-state index in [0.29, 0.717) is 6.54 Å². The average Bonchev–Trinajstić information content (AvgIpc) is 2.68. The summed E-state index contributed by atoms with van der Waals surface area (Å²) in [4.78, 5) is 28.3. The Kier molecular flexibility index (Phi) is 6.11. The molecule has 0 aliphatic carbocycles. The second-order valence-electron chi connectivity index (χ2n) is 7.05. The first-order valence-corrected chi connectivity index (χ1v) is 9.31. The zero-order chi connectivity index (χ0) is 18.5. The third kappa shape index (κ3) is 4.53. The summed E-state index contributed by atoms with van der Waals surface area (Å²) in [5, 5.41) is 2.97. The van der Waals surface area contributed by atoms with E-state index in [1.165, 1.54) is 0 Å². The summed E-state index contributed by atoms with van der Waals surface area (Å²) in [5.74, 6) is -0.498. The molecule has 2 amide bonds. The first-order valence-electron chi connectivity index (χ1n) is 9.31. The monoisotopic (exact) mass is 360 g/mol. The van der Waals surface area contributed by atoms with Crippen molar-refractivity contribution in [1.29, 1.82) is 0 Å². The van der Waals surface area contributed by atoms with Crippen LogP contribution < -0.4 is 16.0 Å². The van der Waals surface area contributed by atoms with Crippen LogP contribution in [0.15, 0.2) is 24.3 Å². The van der Waals surface area contributed by atoms with Crippen LogP contribution in [0.1, 0.15) is 19.8 Å². The number of ether oxygens (including phenoxy) is 1. The minimum absolute atomic E-state index is 0.0609. The standard InChI is InChI=1S/C19H28N4O3/c1-14(23-8-2-3-15(13-23)18(20)24)19(25)21-16-4-6-17(7-5-16)22-9-11-26-12-10-22/h4-7,14-15H,2-3,8-13H2,1H3,(H2,20,24)(H,21,25)/t14-,15+/m0/s1. The van der Waals surface area contributed by atoms with E-state index in [0.717, 1.165) is 57.1 Å². The molecule has 7 heteroatoms. The number of nitrogens with one attached hydrogen (secondary N) is 1. The Morgan fingerprint density at radius 1 is 1.19 bits per heavy atom. The predicted molar refractivity (Wildman–Crippen MR) is 101 cm³/mol. The molecule has 142 valence electrons. The van der Waals surface area contributed by atoms with Crippen molar-refractivity contribution in [2.24, 2.45) is 11.7 Å². The lowest BCUT2D eigenvalue weighted by molar-refractivity contribution is -0.127. The molecule has 26 heavy (non-hydrogen) atoms. The van der Waals surface area contributed by atoms with Crippen LogP contribution in [0.5, 0.6) is 0 Å². The number of amides is 2. The van der Waals surface area contributed by atoms with Crippen molar-refractivity contribution in [3.05, 3.63) is 24.3 Å². The molecule has 3 rings (SSSR count). The van der Waals surface area contributed by atoms with Gasteiger partial charge in [0.25, 0.3) is 0 Å². The van der Waals surface area contributed by atoms with Crippen LogP contribution in [0.2, 0.25) is 0 Å². The van der Waals surface area contributed by atoms with Crippen molar-refractivity contribution in [3.8, 4) is 0 Å². The van der Waals surface area contributed by atoms with E-state index in [4.69, 9.17) is 10.5 Å². The predicted octanol–water partition coefficient (Wildman–Crippen LogP) is 1.05. The molecule has 2 atom stereocenters. The van der Waals surface area contributed by atoms with Crippen LogP contribution >= 0.6 is 0 Å². The Bertz CT molecular complexity index is 628. The van der Waals surface area contributed by atoms with Gasteiger partial charge in [-0.05, 0) is 50.6 Å². The number of benzene rings is 1. The van der Waals surface area contributed by atoms with Gasteiger partial charge in [0, 0.05) is 31.0 Å². The number of morpholine rings is 1. The van der Waals surface area contributed by atoms with Crippen molar-refractivity contribution in [3.63, 3.8) is 0 Å². The summed E-state index contributed by atoms with van der Waals surface area (Å²) < 4.78 is 5.37. The van der Waals surface area contributed by atoms with Crippen molar-refractivity contribution in [2.45, 2.75) is 25.8 Å². The van der Waals surface area contributed by atoms with Gasteiger partial charge in [0.1, 0.15) is 0 Å². The second kappa shape index (κ2) is 8.51. The van der Waals surface area contributed by atoms with E-state index in [-0.39, 0.29) is 23.8 Å². The van der Waals surface area contributed by atoms with Crippen LogP contribution in [0, 0.1) is 5.92 Å². The van der Waals surface area contributed by atoms with E-state index in [9.17, 15) is 9.59 Å². The van der Waals surface area contributed by atoms with E-state index < -0.39 is 0 Å². The van der Waals surface area contributed by atoms with Crippen LogP contribution in [-0.4, -0.2) is 62.1 Å². The van der Waals surface area contributed by atoms with Crippen LogP contribution in [0.4, 0.5) is 11.4 Å². The fourth-order valence-corrected chi connectivity index (χ4v) is 3.58. The Morgan fingerprint density at radius 2 is 1.88 bits per heavy atom. The molecule has 0 aromatic heterocycles. The normalized spacial score (nSPS) is 22.7. The number of nitrogens with two attached hydrogens (primary N) is 1. The van der Waals surface area contributed by atoms with Crippen molar-refractivity contribution in [2.75, 3.05) is 49.6 Å². The summed E-state index contributed by atoms with van der Waals surface area (Å²) >= 11 is 0. The van der Waals surface area contributed by atoms with Crippen molar-refractivity contribution < 1.29 is 14.3 Å². The number of anilines is 2. The topological polar surface area (TPSA) is 87.9 Å². The molecule has 3 N–H and O–H groups in total. The number of hydrogen-bond donors (Lipinski definition) is 2. The molecule has 2 aliphatic heterocycles. The molecule has 7 nitrogen and oxygen atoms in total. The largest absolute Gasteiger partial charge is 0.378 e. The highest BCUT2D eigenvalue weighted by Gasteiger charge is 2.29. The highest BCUT2D eigenvalue weighted by molar-refractivity contribution is 5.94. The number of carbonyl (C=O) groups is 2. The molecule has 1 aromatic carbocycles. The number of carbonyl (C=O) groups excluding carboxylic acids is 2. The molecule has 2 aliphatic rings. The Labute approximate surface area is 154 Å². The number of rotatable bonds is 5. The number of piperidine rings is 1. The molecule has 0 spiro atoms. The van der Waals surface area contributed by atoms with Crippen molar-refractivity contribution >= 4 is 23.2 Å². The van der Waals surface area contributed by atoms with E-state index in [1.807, 2.05) is 36.1 Å². The lowest BCUT2D eigenvalue weighted by Crippen LogP contribution is -2.49. The van der Waals surface area contributed by atoms with Gasteiger partial charge in [-0.2, -0.15) is 0 Å². The summed E-state index contributed by atoms with van der Waals surface area (Å²) in [6, 6.07) is 7.61. The van der Waals surface area contributed by atoms with Gasteiger partial charge < -0.3 is 20.7 Å². The lowest BCUT2D eigenvalue weighted by Gasteiger charge is -2.34. The molecule has 1 aromatic rings. The number of hydrogen-bond acceptors (Lipinski definition) is 5. The maximum atomic E-state index is 12.6. The van der Waals surface area contributed by atoms with Gasteiger partial charge in [-0.15, -0.1) is 0 Å². The Balaban J connectivity index is 1.56. The molecular formula is C19H28N4O3. The van der Waals surface area contributed by atoms with Crippen molar-refractivity contribution in [1.82, 2.24) is 4.90 Å². The van der Waals surface area contributed by atoms with Crippen LogP contribution in [0.25, 0.3) is 0 Å². The molecule has 2 heterocycles. The maximum Gasteiger partial charge on any atom is 0.241 e. The van der Waals surface area contributed by atoms with Gasteiger partial charge in [-0.1, -0.05) is 0 Å². The molecule has 2 saturated heterocycles. The van der Waals surface area contributed by atoms with Gasteiger partial charge in [-0.3, -0.25) is 14.5 Å². The zero-order valence-electron chi connectivity index (χ0n) is 15.3. The average molecular weight is 360 g/mol. The summed E-state index contributed by atoms with van der Waals surface area (Å²) in [5.41, 5.74) is 7.35. The van der Waals surface area contributed by atoms with E-state index >= 15 is 0 Å². The molecule has 0 unspecified atom stereocenters. The molecular weight excluding hydrogens is 332 g/mol. The quantitative estimate of drug-likeness (QED) is 0.819. The minimum Gasteiger partial charge on any atom is -0.378 e. The molecule has 0 saturated carbocycles. The molecule has 0 bridgehead atoms. The molecule has 2 fully saturated rings. The zero-order valence-corrected chi connectivity index (χ0v) is 15.3. The minimum atomic E-state index is -0.295. The lowest BCUT2D eigenvalue weighted by atomic mass is 9.96. The summed E-state index contributed by atoms with van der Waals surface area (Å²) in [7, 11) is 0. The highest BCUT2D eigenvalue weighted by Crippen LogP contribution is 2.21. The second-order valence-corrected chi connectivity index (χ2v) is 7.05. The van der Waals surface area contributed by atoms with Crippen LogP contribution in [-0.2, 0) is 14.3 Å². The first-order chi connectivity index (χ1) is 12.5. The van der Waals surface area contributed by atoms with Gasteiger partial charge in [-0.25, -0.2) is 0 Å². The smallest absolute Gasteiger partial charge is 0.241 e. The number of primary amides is 1. The molecule has 0 radical (unpaired) electrons. The van der Waals surface area contributed by atoms with Crippen LogP contribution in [0.3, 0.4) is 0 Å². The first kappa shape index (κ1) is 18.7. The summed E-state index contributed by atoms with van der Waals surface area (Å²) in [6.07, 6.45) is 1.70. The number of likely N-dealkylation sites (tertiary alicyclic amines) is 1. The third-order valence-electron chi connectivity index (χ3n) is 5.29. The van der Waals surface area contributed by atoms with Gasteiger partial charge in [0.05, 0.1) is 25.2 Å². The third-order valence-corrected chi connectivity index (χ3v) is 5.29. The fraction of sp³-hybridized carbons (Fsp3) is 0.579. The van der Waals surface area contributed by atoms with E-state index in [1.54, 1.807) is 0 Å². The number of nitrogens with zero attached hydrogens (tertiary/aromatic N) is 2.